The number of hydrogen-bond acceptors (Lipinski definition) is 4. The predicted molar refractivity (Wildman–Crippen MR) is 92.2 cm³/mol. The molecule has 1 N–H and O–H groups in total. The Labute approximate surface area is 143 Å². The summed E-state index contributed by atoms with van der Waals surface area (Å²) in [6.07, 6.45) is 2.09. The molecule has 1 aromatic rings. The lowest BCUT2D eigenvalue weighted by molar-refractivity contribution is 0.0695. The van der Waals surface area contributed by atoms with Crippen molar-refractivity contribution in [3.8, 4) is 0 Å². The molecule has 2 amide bonds. The van der Waals surface area contributed by atoms with E-state index in [1.165, 1.54) is 4.90 Å². The van der Waals surface area contributed by atoms with Crippen molar-refractivity contribution in [2.75, 3.05) is 34.2 Å². The molecular formula is C16H25ClN4O2. The van der Waals surface area contributed by atoms with E-state index < -0.39 is 0 Å². The molecule has 6 nitrogen and oxygen atoms in total. The van der Waals surface area contributed by atoms with Crippen molar-refractivity contribution in [1.29, 1.82) is 0 Å². The Kier molecular flexibility index (Phi) is 6.97. The fourth-order valence-corrected chi connectivity index (χ4v) is 2.70. The maximum absolute atomic E-state index is 12.7. The summed E-state index contributed by atoms with van der Waals surface area (Å²) in [6.45, 7) is 3.27. The number of nitrogens with zero attached hydrogens (tertiary/aromatic N) is 3. The second kappa shape index (κ2) is 8.26. The molecule has 1 saturated heterocycles. The number of halogens is 1. The summed E-state index contributed by atoms with van der Waals surface area (Å²) in [5, 5.41) is 3.23. The van der Waals surface area contributed by atoms with Gasteiger partial charge in [-0.1, -0.05) is 0 Å². The number of piperidine rings is 1. The second-order valence-electron chi connectivity index (χ2n) is 5.91. The smallest absolute Gasteiger partial charge is 0.271 e. The number of amides is 2. The van der Waals surface area contributed by atoms with Gasteiger partial charge in [0, 0.05) is 33.2 Å². The molecular weight excluding hydrogens is 316 g/mol. The number of nitrogens with one attached hydrogen (secondary N) is 1. The minimum Gasteiger partial charge on any atom is -0.343 e. The number of carbonyl (C=O) groups is 2. The minimum absolute atomic E-state index is 0. The first kappa shape index (κ1) is 19.4. The van der Waals surface area contributed by atoms with Gasteiger partial charge in [-0.05, 0) is 38.9 Å². The molecule has 2 rings (SSSR count). The van der Waals surface area contributed by atoms with Crippen LogP contribution in [0.25, 0.3) is 0 Å². The standard InChI is InChI=1S/C16H24N4O2.ClH/c1-11-13(7-8-14(18-11)16(22)19(3)4)15(21)20-9-5-6-12(10-20)17-2;/h7-8,12,17H,5-6,9-10H2,1-4H3;1H. The summed E-state index contributed by atoms with van der Waals surface area (Å²) in [4.78, 5) is 32.2. The summed E-state index contributed by atoms with van der Waals surface area (Å²) in [5.41, 5.74) is 1.54. The van der Waals surface area contributed by atoms with E-state index in [4.69, 9.17) is 0 Å². The van der Waals surface area contributed by atoms with E-state index in [1.807, 2.05) is 11.9 Å². The van der Waals surface area contributed by atoms with Gasteiger partial charge in [-0.3, -0.25) is 9.59 Å². The number of pyridine rings is 1. The van der Waals surface area contributed by atoms with Crippen LogP contribution in [-0.4, -0.2) is 66.9 Å². The Morgan fingerprint density at radius 3 is 2.61 bits per heavy atom. The van der Waals surface area contributed by atoms with E-state index in [2.05, 4.69) is 10.3 Å². The van der Waals surface area contributed by atoms with Gasteiger partial charge < -0.3 is 15.1 Å². The van der Waals surface area contributed by atoms with E-state index in [-0.39, 0.29) is 24.2 Å². The molecule has 1 aliphatic heterocycles. The van der Waals surface area contributed by atoms with E-state index in [1.54, 1.807) is 33.2 Å². The third kappa shape index (κ3) is 4.42. The first-order valence-electron chi connectivity index (χ1n) is 7.60. The number of aryl methyl sites for hydroxylation is 1. The van der Waals surface area contributed by atoms with E-state index in [0.717, 1.165) is 19.4 Å². The van der Waals surface area contributed by atoms with Crippen molar-refractivity contribution >= 4 is 24.2 Å². The number of aromatic nitrogens is 1. The molecule has 1 fully saturated rings. The van der Waals surface area contributed by atoms with Gasteiger partial charge in [0.2, 0.25) is 0 Å². The molecule has 7 heteroatoms. The molecule has 0 bridgehead atoms. The predicted octanol–water partition coefficient (Wildman–Crippen LogP) is 1.34. The fourth-order valence-electron chi connectivity index (χ4n) is 2.70. The maximum atomic E-state index is 12.7. The van der Waals surface area contributed by atoms with Crippen molar-refractivity contribution in [3.05, 3.63) is 29.1 Å². The molecule has 1 aromatic heterocycles. The molecule has 0 saturated carbocycles. The highest BCUT2D eigenvalue weighted by Gasteiger charge is 2.25. The highest BCUT2D eigenvalue weighted by atomic mass is 35.5. The summed E-state index contributed by atoms with van der Waals surface area (Å²) in [7, 11) is 5.29. The Balaban J connectivity index is 0.00000264. The Morgan fingerprint density at radius 2 is 2.04 bits per heavy atom. The number of carbonyl (C=O) groups excluding carboxylic acids is 2. The molecule has 0 spiro atoms. The highest BCUT2D eigenvalue weighted by Crippen LogP contribution is 2.16. The van der Waals surface area contributed by atoms with Crippen LogP contribution in [0.3, 0.4) is 0 Å². The van der Waals surface area contributed by atoms with Gasteiger partial charge in [-0.15, -0.1) is 12.4 Å². The Hall–Kier alpha value is -1.66. The van der Waals surface area contributed by atoms with E-state index >= 15 is 0 Å². The van der Waals surface area contributed by atoms with Gasteiger partial charge in [0.15, 0.2) is 0 Å². The van der Waals surface area contributed by atoms with Gasteiger partial charge in [0.25, 0.3) is 11.8 Å². The van der Waals surface area contributed by atoms with Crippen molar-refractivity contribution in [1.82, 2.24) is 20.1 Å². The monoisotopic (exact) mass is 340 g/mol. The maximum Gasteiger partial charge on any atom is 0.271 e. The van der Waals surface area contributed by atoms with Crippen molar-refractivity contribution in [3.63, 3.8) is 0 Å². The lowest BCUT2D eigenvalue weighted by Crippen LogP contribution is -2.47. The van der Waals surface area contributed by atoms with Crippen LogP contribution in [0.15, 0.2) is 12.1 Å². The van der Waals surface area contributed by atoms with Crippen LogP contribution in [0, 0.1) is 6.92 Å². The van der Waals surface area contributed by atoms with Crippen LogP contribution in [0.1, 0.15) is 39.4 Å². The number of hydrogen-bond donors (Lipinski definition) is 1. The molecule has 1 unspecified atom stereocenters. The van der Waals surface area contributed by atoms with Crippen molar-refractivity contribution < 1.29 is 9.59 Å². The molecule has 1 atom stereocenters. The third-order valence-corrected chi connectivity index (χ3v) is 4.06. The average molecular weight is 341 g/mol. The summed E-state index contributed by atoms with van der Waals surface area (Å²) >= 11 is 0. The highest BCUT2D eigenvalue weighted by molar-refractivity contribution is 5.97. The van der Waals surface area contributed by atoms with Gasteiger partial charge in [-0.2, -0.15) is 0 Å². The first-order valence-corrected chi connectivity index (χ1v) is 7.60. The van der Waals surface area contributed by atoms with Gasteiger partial charge >= 0.3 is 0 Å². The molecule has 0 aromatic carbocycles. The molecule has 128 valence electrons. The van der Waals surface area contributed by atoms with Gasteiger partial charge in [0.05, 0.1) is 11.3 Å². The average Bonchev–Trinajstić information content (AvgIpc) is 2.53. The van der Waals surface area contributed by atoms with E-state index in [0.29, 0.717) is 29.5 Å². The topological polar surface area (TPSA) is 65.5 Å². The normalized spacial score (nSPS) is 17.4. The molecule has 0 aliphatic carbocycles. The zero-order valence-electron chi connectivity index (χ0n) is 14.1. The lowest BCUT2D eigenvalue weighted by atomic mass is 10.0. The zero-order chi connectivity index (χ0) is 16.3. The first-order chi connectivity index (χ1) is 10.4. The Morgan fingerprint density at radius 1 is 1.35 bits per heavy atom. The molecule has 2 heterocycles. The summed E-state index contributed by atoms with van der Waals surface area (Å²) < 4.78 is 0. The van der Waals surface area contributed by atoms with Crippen LogP contribution in [-0.2, 0) is 0 Å². The summed E-state index contributed by atoms with van der Waals surface area (Å²) in [6, 6.07) is 3.69. The quantitative estimate of drug-likeness (QED) is 0.901. The van der Waals surface area contributed by atoms with Crippen LogP contribution in [0.4, 0.5) is 0 Å². The molecule has 23 heavy (non-hydrogen) atoms. The SMILES string of the molecule is CNC1CCCN(C(=O)c2ccc(C(=O)N(C)C)nc2C)C1.Cl. The van der Waals surface area contributed by atoms with Crippen molar-refractivity contribution in [2.45, 2.75) is 25.8 Å². The fraction of sp³-hybridized carbons (Fsp3) is 0.562. The lowest BCUT2D eigenvalue weighted by Gasteiger charge is -2.32. The molecule has 1 aliphatic rings. The van der Waals surface area contributed by atoms with Crippen LogP contribution < -0.4 is 5.32 Å². The van der Waals surface area contributed by atoms with Crippen molar-refractivity contribution in [2.24, 2.45) is 0 Å². The number of likely N-dealkylation sites (N-methyl/N-ethyl adjacent to an activating group) is 1. The third-order valence-electron chi connectivity index (χ3n) is 4.06. The number of likely N-dealkylation sites (tertiary alicyclic amines) is 1. The van der Waals surface area contributed by atoms with Gasteiger partial charge in [0.1, 0.15) is 5.69 Å². The molecule has 0 radical (unpaired) electrons. The van der Waals surface area contributed by atoms with Crippen LogP contribution in [0.2, 0.25) is 0 Å². The van der Waals surface area contributed by atoms with Gasteiger partial charge in [-0.25, -0.2) is 4.98 Å². The summed E-state index contributed by atoms with van der Waals surface area (Å²) in [5.74, 6) is -0.163. The van der Waals surface area contributed by atoms with E-state index in [9.17, 15) is 9.59 Å². The largest absolute Gasteiger partial charge is 0.343 e. The van der Waals surface area contributed by atoms with Crippen LogP contribution >= 0.6 is 12.4 Å². The Bertz CT molecular complexity index is 577. The van der Waals surface area contributed by atoms with Crippen LogP contribution in [0.5, 0.6) is 0 Å². The zero-order valence-corrected chi connectivity index (χ0v) is 14.9. The second-order valence-corrected chi connectivity index (χ2v) is 5.91. The minimum atomic E-state index is -0.157. The number of rotatable bonds is 3.